The summed E-state index contributed by atoms with van der Waals surface area (Å²) in [5.41, 5.74) is 8.14. The van der Waals surface area contributed by atoms with Crippen molar-refractivity contribution >= 4 is 5.84 Å². The Labute approximate surface area is 123 Å². The predicted molar refractivity (Wildman–Crippen MR) is 79.5 cm³/mol. The van der Waals surface area contributed by atoms with E-state index in [0.29, 0.717) is 18.1 Å². The third-order valence-electron chi connectivity index (χ3n) is 2.94. The fourth-order valence-corrected chi connectivity index (χ4v) is 1.92. The summed E-state index contributed by atoms with van der Waals surface area (Å²) < 4.78 is 5.62. The summed E-state index contributed by atoms with van der Waals surface area (Å²) in [5.74, 6) is 0.522. The predicted octanol–water partition coefficient (Wildman–Crippen LogP) is 1.89. The van der Waals surface area contributed by atoms with Gasteiger partial charge >= 0.3 is 0 Å². The number of pyridine rings is 2. The first-order valence-corrected chi connectivity index (χ1v) is 6.67. The van der Waals surface area contributed by atoms with E-state index in [1.807, 2.05) is 19.1 Å². The number of hydrogen-bond acceptors (Lipinski definition) is 5. The molecule has 0 saturated carbocycles. The lowest BCUT2D eigenvalue weighted by atomic mass is 10.1. The first-order valence-electron chi connectivity index (χ1n) is 6.67. The van der Waals surface area contributed by atoms with Gasteiger partial charge in [0.15, 0.2) is 5.84 Å². The lowest BCUT2D eigenvalue weighted by molar-refractivity contribution is 0.298. The van der Waals surface area contributed by atoms with Crippen LogP contribution in [-0.2, 0) is 6.42 Å². The molecule has 0 aliphatic heterocycles. The number of aromatic nitrogens is 2. The van der Waals surface area contributed by atoms with E-state index in [2.05, 4.69) is 15.1 Å². The minimum absolute atomic E-state index is 0.0436. The fourth-order valence-electron chi connectivity index (χ4n) is 1.92. The van der Waals surface area contributed by atoms with Crippen LogP contribution in [0.3, 0.4) is 0 Å². The molecule has 0 unspecified atom stereocenters. The average Bonchev–Trinajstić information content (AvgIpc) is 2.51. The van der Waals surface area contributed by atoms with E-state index in [4.69, 9.17) is 15.7 Å². The van der Waals surface area contributed by atoms with Gasteiger partial charge in [0.25, 0.3) is 0 Å². The minimum atomic E-state index is 0.0436. The molecule has 0 amide bonds. The van der Waals surface area contributed by atoms with Crippen molar-refractivity contribution < 1.29 is 9.94 Å². The Morgan fingerprint density at radius 1 is 1.33 bits per heavy atom. The molecule has 0 fully saturated rings. The Morgan fingerprint density at radius 3 is 2.81 bits per heavy atom. The molecule has 21 heavy (non-hydrogen) atoms. The molecule has 110 valence electrons. The smallest absolute Gasteiger partial charge is 0.214 e. The van der Waals surface area contributed by atoms with Crippen molar-refractivity contribution in [2.45, 2.75) is 19.8 Å². The van der Waals surface area contributed by atoms with E-state index in [-0.39, 0.29) is 5.84 Å². The average molecular weight is 286 g/mol. The SMILES string of the molecule is Cc1cc(/C(N)=N/O)cc(OCCCc2ccncc2)n1. The van der Waals surface area contributed by atoms with Gasteiger partial charge in [-0.15, -0.1) is 0 Å². The molecule has 6 heteroatoms. The standard InChI is InChI=1S/C15H18N4O2/c1-11-9-13(15(16)19-20)10-14(18-11)21-8-2-3-12-4-6-17-7-5-12/h4-7,9-10,20H,2-3,8H2,1H3,(H2,16,19). The van der Waals surface area contributed by atoms with Crippen LogP contribution >= 0.6 is 0 Å². The molecule has 2 heterocycles. The van der Waals surface area contributed by atoms with E-state index in [9.17, 15) is 0 Å². The Bertz CT molecular complexity index is 614. The number of nitrogens with two attached hydrogens (primary N) is 1. The van der Waals surface area contributed by atoms with Crippen LogP contribution in [0, 0.1) is 6.92 Å². The first-order chi connectivity index (χ1) is 10.2. The molecule has 0 radical (unpaired) electrons. The lowest BCUT2D eigenvalue weighted by Gasteiger charge is -2.08. The van der Waals surface area contributed by atoms with Gasteiger partial charge in [0.1, 0.15) is 0 Å². The second kappa shape index (κ2) is 7.23. The van der Waals surface area contributed by atoms with Gasteiger partial charge in [-0.25, -0.2) is 4.98 Å². The summed E-state index contributed by atoms with van der Waals surface area (Å²) in [4.78, 5) is 8.25. The van der Waals surface area contributed by atoms with Crippen LogP contribution in [0.15, 0.2) is 41.8 Å². The zero-order chi connectivity index (χ0) is 15.1. The van der Waals surface area contributed by atoms with E-state index < -0.39 is 0 Å². The Kier molecular flexibility index (Phi) is 5.09. The normalized spacial score (nSPS) is 11.4. The fraction of sp³-hybridized carbons (Fsp3) is 0.267. The Hall–Kier alpha value is -2.63. The summed E-state index contributed by atoms with van der Waals surface area (Å²) >= 11 is 0. The molecule has 0 spiro atoms. The van der Waals surface area contributed by atoms with Crippen molar-refractivity contribution in [1.29, 1.82) is 0 Å². The highest BCUT2D eigenvalue weighted by molar-refractivity contribution is 5.97. The topological polar surface area (TPSA) is 93.6 Å². The van der Waals surface area contributed by atoms with Gasteiger partial charge in [-0.3, -0.25) is 4.98 Å². The third kappa shape index (κ3) is 4.45. The van der Waals surface area contributed by atoms with Crippen LogP contribution in [0.4, 0.5) is 0 Å². The van der Waals surface area contributed by atoms with Crippen LogP contribution < -0.4 is 10.5 Å². The van der Waals surface area contributed by atoms with Crippen molar-refractivity contribution in [3.63, 3.8) is 0 Å². The van der Waals surface area contributed by atoms with Crippen LogP contribution in [0.2, 0.25) is 0 Å². The molecule has 2 rings (SSSR count). The molecule has 2 aromatic rings. The largest absolute Gasteiger partial charge is 0.478 e. The monoisotopic (exact) mass is 286 g/mol. The van der Waals surface area contributed by atoms with Gasteiger partial charge in [-0.05, 0) is 43.5 Å². The highest BCUT2D eigenvalue weighted by Crippen LogP contribution is 2.13. The molecular weight excluding hydrogens is 268 g/mol. The van der Waals surface area contributed by atoms with Crippen LogP contribution in [0.25, 0.3) is 0 Å². The van der Waals surface area contributed by atoms with Crippen LogP contribution in [0.1, 0.15) is 23.2 Å². The van der Waals surface area contributed by atoms with Gasteiger partial charge < -0.3 is 15.7 Å². The summed E-state index contributed by atoms with van der Waals surface area (Å²) in [6.07, 6.45) is 5.35. The zero-order valence-electron chi connectivity index (χ0n) is 11.9. The number of oxime groups is 1. The van der Waals surface area contributed by atoms with Crippen LogP contribution in [-0.4, -0.2) is 27.6 Å². The summed E-state index contributed by atoms with van der Waals surface area (Å²) in [6.45, 7) is 2.38. The maximum Gasteiger partial charge on any atom is 0.214 e. The van der Waals surface area contributed by atoms with E-state index in [1.54, 1.807) is 24.5 Å². The van der Waals surface area contributed by atoms with Crippen molar-refractivity contribution in [3.05, 3.63) is 53.5 Å². The molecule has 0 atom stereocenters. The molecule has 0 aromatic carbocycles. The number of ether oxygens (including phenoxy) is 1. The first kappa shape index (κ1) is 14.8. The van der Waals surface area contributed by atoms with Crippen molar-refractivity contribution in [1.82, 2.24) is 9.97 Å². The van der Waals surface area contributed by atoms with E-state index in [1.165, 1.54) is 5.56 Å². The molecule has 0 aliphatic rings. The second-order valence-electron chi connectivity index (χ2n) is 4.63. The number of aryl methyl sites for hydroxylation is 2. The summed E-state index contributed by atoms with van der Waals surface area (Å²) in [6, 6.07) is 7.37. The highest BCUT2D eigenvalue weighted by Gasteiger charge is 2.05. The molecule has 3 N–H and O–H groups in total. The summed E-state index contributed by atoms with van der Waals surface area (Å²) in [7, 11) is 0. The molecular formula is C15H18N4O2. The minimum Gasteiger partial charge on any atom is -0.478 e. The Morgan fingerprint density at radius 2 is 2.10 bits per heavy atom. The van der Waals surface area contributed by atoms with Gasteiger partial charge in [0.2, 0.25) is 5.88 Å². The third-order valence-corrected chi connectivity index (χ3v) is 2.94. The quantitative estimate of drug-likeness (QED) is 0.278. The van der Waals surface area contributed by atoms with Crippen molar-refractivity contribution in [2.75, 3.05) is 6.61 Å². The maximum atomic E-state index is 8.71. The number of amidine groups is 1. The van der Waals surface area contributed by atoms with E-state index >= 15 is 0 Å². The molecule has 6 nitrogen and oxygen atoms in total. The lowest BCUT2D eigenvalue weighted by Crippen LogP contribution is -2.14. The van der Waals surface area contributed by atoms with Gasteiger partial charge in [0.05, 0.1) is 6.61 Å². The number of hydrogen-bond donors (Lipinski definition) is 2. The molecule has 0 aliphatic carbocycles. The van der Waals surface area contributed by atoms with Crippen LogP contribution in [0.5, 0.6) is 5.88 Å². The molecule has 2 aromatic heterocycles. The highest BCUT2D eigenvalue weighted by atomic mass is 16.5. The Balaban J connectivity index is 1.90. The molecule has 0 saturated heterocycles. The second-order valence-corrected chi connectivity index (χ2v) is 4.63. The van der Waals surface area contributed by atoms with Gasteiger partial charge in [-0.2, -0.15) is 0 Å². The van der Waals surface area contributed by atoms with Crippen molar-refractivity contribution in [2.24, 2.45) is 10.9 Å². The summed E-state index contributed by atoms with van der Waals surface area (Å²) in [5, 5.41) is 11.7. The molecule has 0 bridgehead atoms. The van der Waals surface area contributed by atoms with E-state index in [0.717, 1.165) is 18.5 Å². The van der Waals surface area contributed by atoms with Gasteiger partial charge in [-0.1, -0.05) is 5.16 Å². The maximum absolute atomic E-state index is 8.71. The van der Waals surface area contributed by atoms with Crippen molar-refractivity contribution in [3.8, 4) is 5.88 Å². The number of nitrogens with zero attached hydrogens (tertiary/aromatic N) is 3. The zero-order valence-corrected chi connectivity index (χ0v) is 11.9. The number of rotatable bonds is 6. The van der Waals surface area contributed by atoms with Gasteiger partial charge in [0, 0.05) is 29.7 Å².